The summed E-state index contributed by atoms with van der Waals surface area (Å²) in [6, 6.07) is 7.79. The van der Waals surface area contributed by atoms with Crippen molar-refractivity contribution in [1.82, 2.24) is 15.5 Å². The second-order valence-corrected chi connectivity index (χ2v) is 10.3. The van der Waals surface area contributed by atoms with Crippen LogP contribution in [0.1, 0.15) is 30.4 Å². The molecule has 0 radical (unpaired) electrons. The first-order chi connectivity index (χ1) is 17.7. The van der Waals surface area contributed by atoms with E-state index in [2.05, 4.69) is 32.6 Å². The quantitative estimate of drug-likeness (QED) is 0.388. The van der Waals surface area contributed by atoms with Gasteiger partial charge >= 0.3 is 12.1 Å². The molecular formula is C25H31ClN4O6S. The van der Waals surface area contributed by atoms with Gasteiger partial charge in [0.05, 0.1) is 11.4 Å². The normalized spacial score (nSPS) is 14.0. The molecule has 2 heterocycles. The molecule has 0 aliphatic carbocycles. The molecule has 1 aromatic heterocycles. The van der Waals surface area contributed by atoms with Crippen LogP contribution in [0.15, 0.2) is 30.3 Å². The third-order valence-corrected chi connectivity index (χ3v) is 6.97. The Kier molecular flexibility index (Phi) is 10.7. The largest absolute Gasteiger partial charge is 0.469 e. The van der Waals surface area contributed by atoms with Crippen molar-refractivity contribution < 1.29 is 28.7 Å². The van der Waals surface area contributed by atoms with Crippen LogP contribution in [0.2, 0.25) is 4.34 Å². The van der Waals surface area contributed by atoms with Crippen molar-refractivity contribution in [2.24, 2.45) is 0 Å². The standard InChI is InChI=1S/C25H31ClN4O6S/c1-30-12-10-16-6-7-18(14-17(16)11-13-30)28-24(33)19(15-27-21(31)4-3-5-22(32)35-2)29-25(34)36-23-9-8-20(26)37-23/h6-9,14,19H,3-5,10-13,15H2,1-2H3,(H,27,31)(H,28,33)(H,29,34)/t19-/m1/s1. The van der Waals surface area contributed by atoms with Crippen molar-refractivity contribution in [1.29, 1.82) is 0 Å². The van der Waals surface area contributed by atoms with Gasteiger partial charge in [-0.1, -0.05) is 29.0 Å². The third kappa shape index (κ3) is 9.34. The molecule has 0 spiro atoms. The third-order valence-electron chi connectivity index (χ3n) is 5.87. The van der Waals surface area contributed by atoms with Gasteiger partial charge in [0, 0.05) is 38.2 Å². The number of methoxy groups -OCH3 is 1. The summed E-state index contributed by atoms with van der Waals surface area (Å²) in [5.41, 5.74) is 3.01. The van der Waals surface area contributed by atoms with E-state index in [4.69, 9.17) is 16.3 Å². The Balaban J connectivity index is 1.63. The lowest BCUT2D eigenvalue weighted by molar-refractivity contribution is -0.140. The molecule has 0 bridgehead atoms. The van der Waals surface area contributed by atoms with Gasteiger partial charge in [0.1, 0.15) is 6.04 Å². The summed E-state index contributed by atoms with van der Waals surface area (Å²) >= 11 is 6.95. The number of nitrogens with zero attached hydrogens (tertiary/aromatic N) is 1. The molecule has 3 rings (SSSR count). The Morgan fingerprint density at radius 1 is 1.08 bits per heavy atom. The highest BCUT2D eigenvalue weighted by Crippen LogP contribution is 2.28. The molecule has 0 saturated heterocycles. The van der Waals surface area contributed by atoms with Gasteiger partial charge in [-0.2, -0.15) is 0 Å². The second-order valence-electron chi connectivity index (χ2n) is 8.65. The van der Waals surface area contributed by atoms with E-state index in [9.17, 15) is 19.2 Å². The molecule has 0 unspecified atom stereocenters. The maximum absolute atomic E-state index is 13.1. The van der Waals surface area contributed by atoms with Crippen LogP contribution in [-0.4, -0.2) is 68.6 Å². The van der Waals surface area contributed by atoms with Crippen LogP contribution in [0.3, 0.4) is 0 Å². The van der Waals surface area contributed by atoms with Crippen LogP contribution in [0, 0.1) is 0 Å². The van der Waals surface area contributed by atoms with E-state index in [1.54, 1.807) is 6.07 Å². The molecule has 37 heavy (non-hydrogen) atoms. The lowest BCUT2D eigenvalue weighted by Gasteiger charge is -2.19. The molecule has 1 aromatic carbocycles. The number of likely N-dealkylation sites (N-methyl/N-ethyl adjacent to an activating group) is 1. The average Bonchev–Trinajstić information content (AvgIpc) is 3.18. The number of amides is 3. The van der Waals surface area contributed by atoms with Gasteiger partial charge in [0.25, 0.3) is 0 Å². The lowest BCUT2D eigenvalue weighted by Crippen LogP contribution is -2.51. The Morgan fingerprint density at radius 2 is 1.84 bits per heavy atom. The van der Waals surface area contributed by atoms with Crippen LogP contribution < -0.4 is 20.7 Å². The number of ether oxygens (including phenoxy) is 2. The minimum Gasteiger partial charge on any atom is -0.469 e. The fourth-order valence-electron chi connectivity index (χ4n) is 3.77. The number of nitrogens with one attached hydrogen (secondary N) is 3. The highest BCUT2D eigenvalue weighted by Gasteiger charge is 2.24. The predicted molar refractivity (Wildman–Crippen MR) is 141 cm³/mol. The van der Waals surface area contributed by atoms with Gasteiger partial charge in [0.15, 0.2) is 5.06 Å². The molecule has 1 aliphatic heterocycles. The summed E-state index contributed by atoms with van der Waals surface area (Å²) in [5.74, 6) is -1.28. The number of hydrogen-bond acceptors (Lipinski definition) is 8. The molecule has 2 aromatic rings. The van der Waals surface area contributed by atoms with Crippen LogP contribution in [0.4, 0.5) is 10.5 Å². The monoisotopic (exact) mass is 550 g/mol. The van der Waals surface area contributed by atoms with Gasteiger partial charge in [-0.3, -0.25) is 14.4 Å². The zero-order valence-corrected chi connectivity index (χ0v) is 22.4. The van der Waals surface area contributed by atoms with Crippen LogP contribution >= 0.6 is 22.9 Å². The van der Waals surface area contributed by atoms with Crippen molar-refractivity contribution in [3.63, 3.8) is 0 Å². The number of esters is 1. The molecule has 200 valence electrons. The smallest absolute Gasteiger partial charge is 0.414 e. The van der Waals surface area contributed by atoms with Crippen molar-refractivity contribution >= 4 is 52.5 Å². The van der Waals surface area contributed by atoms with Crippen molar-refractivity contribution in [2.75, 3.05) is 39.1 Å². The molecule has 3 amide bonds. The minimum atomic E-state index is -1.11. The maximum Gasteiger partial charge on any atom is 0.414 e. The number of hydrogen-bond donors (Lipinski definition) is 3. The summed E-state index contributed by atoms with van der Waals surface area (Å²) < 4.78 is 10.2. The fraction of sp³-hybridized carbons (Fsp3) is 0.440. The summed E-state index contributed by atoms with van der Waals surface area (Å²) in [4.78, 5) is 51.3. The van der Waals surface area contributed by atoms with E-state index in [0.717, 1.165) is 37.3 Å². The van der Waals surface area contributed by atoms with Crippen LogP contribution in [0.5, 0.6) is 5.06 Å². The minimum absolute atomic E-state index is 0.0703. The molecule has 10 nitrogen and oxygen atoms in total. The Bertz CT molecular complexity index is 1120. The van der Waals surface area contributed by atoms with Gasteiger partial charge in [-0.05, 0) is 61.7 Å². The van der Waals surface area contributed by atoms with E-state index < -0.39 is 24.0 Å². The van der Waals surface area contributed by atoms with Crippen molar-refractivity contribution in [2.45, 2.75) is 38.1 Å². The molecular weight excluding hydrogens is 520 g/mol. The van der Waals surface area contributed by atoms with E-state index in [0.29, 0.717) is 16.4 Å². The number of carbonyl (C=O) groups excluding carboxylic acids is 4. The molecule has 3 N–H and O–H groups in total. The number of thiophene rings is 1. The van der Waals surface area contributed by atoms with Crippen LogP contribution in [0.25, 0.3) is 0 Å². The number of carbonyl (C=O) groups is 4. The Morgan fingerprint density at radius 3 is 2.54 bits per heavy atom. The van der Waals surface area contributed by atoms with Gasteiger partial charge in [-0.25, -0.2) is 4.79 Å². The first-order valence-electron chi connectivity index (χ1n) is 11.9. The maximum atomic E-state index is 13.1. The first-order valence-corrected chi connectivity index (χ1v) is 13.1. The zero-order valence-electron chi connectivity index (χ0n) is 20.8. The number of rotatable bonds is 10. The first kappa shape index (κ1) is 28.4. The summed E-state index contributed by atoms with van der Waals surface area (Å²) in [7, 11) is 3.36. The summed E-state index contributed by atoms with van der Waals surface area (Å²) in [6.45, 7) is 1.73. The molecule has 1 atom stereocenters. The highest BCUT2D eigenvalue weighted by atomic mass is 35.5. The zero-order chi connectivity index (χ0) is 26.8. The molecule has 12 heteroatoms. The SMILES string of the molecule is COC(=O)CCCC(=O)NC[C@@H](NC(=O)Oc1ccc(Cl)s1)C(=O)Nc1ccc2c(c1)CCN(C)CC2. The Hall–Kier alpha value is -3.15. The Labute approximate surface area is 224 Å². The van der Waals surface area contributed by atoms with Crippen molar-refractivity contribution in [3.05, 3.63) is 45.8 Å². The van der Waals surface area contributed by atoms with E-state index in [1.807, 2.05) is 18.2 Å². The number of halogens is 1. The van der Waals surface area contributed by atoms with Gasteiger partial charge in [0.2, 0.25) is 11.8 Å². The summed E-state index contributed by atoms with van der Waals surface area (Å²) in [6.07, 6.45) is 1.42. The fourth-order valence-corrected chi connectivity index (χ4v) is 4.64. The van der Waals surface area contributed by atoms with E-state index >= 15 is 0 Å². The molecule has 0 fully saturated rings. The van der Waals surface area contributed by atoms with Crippen LogP contribution in [-0.2, 0) is 32.0 Å². The van der Waals surface area contributed by atoms with E-state index in [1.165, 1.54) is 24.3 Å². The van der Waals surface area contributed by atoms with Gasteiger partial charge in [-0.15, -0.1) is 0 Å². The number of fused-ring (bicyclic) bond motifs is 1. The summed E-state index contributed by atoms with van der Waals surface area (Å²) in [5, 5.41) is 8.24. The van der Waals surface area contributed by atoms with Crippen molar-refractivity contribution in [3.8, 4) is 5.06 Å². The topological polar surface area (TPSA) is 126 Å². The molecule has 1 aliphatic rings. The average molecular weight is 551 g/mol. The van der Waals surface area contributed by atoms with Gasteiger partial charge < -0.3 is 30.3 Å². The second kappa shape index (κ2) is 14.0. The molecule has 0 saturated carbocycles. The number of benzene rings is 1. The highest BCUT2D eigenvalue weighted by molar-refractivity contribution is 7.17. The lowest BCUT2D eigenvalue weighted by atomic mass is 10.0. The van der Waals surface area contributed by atoms with E-state index in [-0.39, 0.29) is 30.4 Å². The predicted octanol–water partition coefficient (Wildman–Crippen LogP) is 2.99. The number of anilines is 1.